The molecule has 4 nitrogen and oxygen atoms in total. The van der Waals surface area contributed by atoms with Gasteiger partial charge in [-0.05, 0) is 40.6 Å². The van der Waals surface area contributed by atoms with Gasteiger partial charge in [-0.2, -0.15) is 0 Å². The fraction of sp³-hybridized carbons (Fsp3) is 0.130. The van der Waals surface area contributed by atoms with Crippen LogP contribution in [0.4, 0.5) is 5.69 Å². The molecule has 2 aliphatic rings. The Bertz CT molecular complexity index is 1180. The zero-order chi connectivity index (χ0) is 20.1. The molecule has 0 aromatic heterocycles. The largest absolute Gasteiger partial charge is 0.371 e. The summed E-state index contributed by atoms with van der Waals surface area (Å²) in [4.78, 5) is 29.1. The summed E-state index contributed by atoms with van der Waals surface area (Å²) in [6.45, 7) is 1.13. The van der Waals surface area contributed by atoms with Crippen LogP contribution in [0, 0.1) is 5.92 Å². The summed E-state index contributed by atoms with van der Waals surface area (Å²) in [7, 11) is 0. The summed E-state index contributed by atoms with van der Waals surface area (Å²) >= 11 is 12.1. The van der Waals surface area contributed by atoms with Gasteiger partial charge in [0.15, 0.2) is 0 Å². The van der Waals surface area contributed by atoms with Crippen molar-refractivity contribution < 1.29 is 9.59 Å². The van der Waals surface area contributed by atoms with Gasteiger partial charge in [-0.3, -0.25) is 9.59 Å². The summed E-state index contributed by atoms with van der Waals surface area (Å²) in [6, 6.07) is 19.2. The number of hydrogen-bond donors (Lipinski definition) is 0. The Morgan fingerprint density at radius 1 is 0.897 bits per heavy atom. The Hall–Kier alpha value is -2.82. The van der Waals surface area contributed by atoms with E-state index in [1.807, 2.05) is 23.2 Å². The Morgan fingerprint density at radius 3 is 2.34 bits per heavy atom. The van der Waals surface area contributed by atoms with Crippen molar-refractivity contribution in [3.05, 3.63) is 88.0 Å². The number of rotatable bonds is 3. The van der Waals surface area contributed by atoms with Crippen molar-refractivity contribution in [3.8, 4) is 0 Å². The molecule has 2 aliphatic heterocycles. The van der Waals surface area contributed by atoms with Crippen LogP contribution in [0.25, 0.3) is 10.8 Å². The number of carbonyl (C=O) groups is 2. The van der Waals surface area contributed by atoms with E-state index in [1.165, 1.54) is 15.7 Å². The fourth-order valence-electron chi connectivity index (χ4n) is 4.07. The van der Waals surface area contributed by atoms with E-state index in [0.29, 0.717) is 34.4 Å². The molecule has 1 fully saturated rings. The number of amides is 2. The van der Waals surface area contributed by atoms with Gasteiger partial charge in [0.2, 0.25) is 5.91 Å². The third-order valence-corrected chi connectivity index (χ3v) is 5.82. The number of halogens is 2. The predicted molar refractivity (Wildman–Crippen MR) is 115 cm³/mol. The minimum absolute atomic E-state index is 0.236. The average Bonchev–Trinajstić information content (AvgIpc) is 3.19. The molecule has 0 bridgehead atoms. The standard InChI is InChI=1S/C23H16Cl2N2O2/c24-17-8-18(25)10-19(9-17)27-22(28)20-12-26(13-21(20)23(27)29)11-14-5-6-15-3-1-2-4-16(15)7-14/h1-10,12,21H,11,13H2. The van der Waals surface area contributed by atoms with Gasteiger partial charge < -0.3 is 4.90 Å². The van der Waals surface area contributed by atoms with Gasteiger partial charge in [0, 0.05) is 34.9 Å². The fourth-order valence-corrected chi connectivity index (χ4v) is 4.58. The van der Waals surface area contributed by atoms with Crippen molar-refractivity contribution in [1.29, 1.82) is 0 Å². The van der Waals surface area contributed by atoms with Crippen molar-refractivity contribution in [3.63, 3.8) is 0 Å². The van der Waals surface area contributed by atoms with Crippen LogP contribution in [0.15, 0.2) is 72.4 Å². The quantitative estimate of drug-likeness (QED) is 0.555. The van der Waals surface area contributed by atoms with Crippen molar-refractivity contribution >= 4 is 51.5 Å². The number of hydrogen-bond acceptors (Lipinski definition) is 3. The van der Waals surface area contributed by atoms with E-state index >= 15 is 0 Å². The van der Waals surface area contributed by atoms with Gasteiger partial charge in [0.1, 0.15) is 0 Å². The molecule has 0 spiro atoms. The summed E-state index contributed by atoms with van der Waals surface area (Å²) in [6.07, 6.45) is 1.81. The van der Waals surface area contributed by atoms with Gasteiger partial charge in [0.05, 0.1) is 11.6 Å². The molecule has 0 radical (unpaired) electrons. The first kappa shape index (κ1) is 18.2. The van der Waals surface area contributed by atoms with Crippen LogP contribution in [0.5, 0.6) is 0 Å². The van der Waals surface area contributed by atoms with E-state index in [4.69, 9.17) is 23.2 Å². The summed E-state index contributed by atoms with van der Waals surface area (Å²) in [5.74, 6) is -0.999. The van der Waals surface area contributed by atoms with Gasteiger partial charge >= 0.3 is 0 Å². The number of carbonyl (C=O) groups excluding carboxylic acids is 2. The predicted octanol–water partition coefficient (Wildman–Crippen LogP) is 5.04. The molecule has 3 aromatic carbocycles. The van der Waals surface area contributed by atoms with E-state index in [0.717, 1.165) is 5.56 Å². The lowest BCUT2D eigenvalue weighted by Crippen LogP contribution is -2.33. The second kappa shape index (κ2) is 6.90. The molecular weight excluding hydrogens is 407 g/mol. The zero-order valence-corrected chi connectivity index (χ0v) is 16.8. The molecule has 5 rings (SSSR count). The lowest BCUT2D eigenvalue weighted by atomic mass is 10.1. The highest BCUT2D eigenvalue weighted by Gasteiger charge is 2.47. The van der Waals surface area contributed by atoms with Crippen LogP contribution in [-0.2, 0) is 16.1 Å². The van der Waals surface area contributed by atoms with Crippen molar-refractivity contribution in [2.24, 2.45) is 5.92 Å². The number of nitrogens with zero attached hydrogens (tertiary/aromatic N) is 2. The first-order chi connectivity index (χ1) is 14.0. The lowest BCUT2D eigenvalue weighted by Gasteiger charge is -2.20. The van der Waals surface area contributed by atoms with E-state index < -0.39 is 5.92 Å². The highest BCUT2D eigenvalue weighted by Crippen LogP contribution is 2.37. The molecule has 0 N–H and O–H groups in total. The Labute approximate surface area is 177 Å². The molecule has 29 heavy (non-hydrogen) atoms. The zero-order valence-electron chi connectivity index (χ0n) is 15.3. The second-order valence-corrected chi connectivity index (χ2v) is 8.23. The van der Waals surface area contributed by atoms with Crippen molar-refractivity contribution in [2.45, 2.75) is 6.54 Å². The van der Waals surface area contributed by atoms with Crippen molar-refractivity contribution in [2.75, 3.05) is 11.4 Å². The van der Waals surface area contributed by atoms with E-state index in [9.17, 15) is 9.59 Å². The van der Waals surface area contributed by atoms with E-state index in [-0.39, 0.29) is 11.8 Å². The molecule has 3 aromatic rings. The summed E-state index contributed by atoms with van der Waals surface area (Å²) in [5, 5.41) is 3.14. The molecule has 0 aliphatic carbocycles. The Morgan fingerprint density at radius 2 is 1.62 bits per heavy atom. The molecular formula is C23H16Cl2N2O2. The highest BCUT2D eigenvalue weighted by atomic mass is 35.5. The Balaban J connectivity index is 1.40. The lowest BCUT2D eigenvalue weighted by molar-refractivity contribution is -0.122. The topological polar surface area (TPSA) is 40.6 Å². The van der Waals surface area contributed by atoms with Crippen LogP contribution in [0.1, 0.15) is 5.56 Å². The molecule has 6 heteroatoms. The molecule has 1 unspecified atom stereocenters. The number of benzene rings is 3. The minimum Gasteiger partial charge on any atom is -0.371 e. The Kier molecular flexibility index (Phi) is 4.34. The molecule has 0 saturated carbocycles. The molecule has 144 valence electrons. The molecule has 2 amide bonds. The SMILES string of the molecule is O=C1C2=CN(Cc3ccc4ccccc4c3)CC2C(=O)N1c1cc(Cl)cc(Cl)c1. The van der Waals surface area contributed by atoms with Crippen LogP contribution in [-0.4, -0.2) is 23.3 Å². The van der Waals surface area contributed by atoms with Crippen LogP contribution >= 0.6 is 23.2 Å². The molecule has 1 saturated heterocycles. The number of imide groups is 1. The van der Waals surface area contributed by atoms with Crippen LogP contribution < -0.4 is 4.90 Å². The van der Waals surface area contributed by atoms with Crippen molar-refractivity contribution in [1.82, 2.24) is 4.90 Å². The molecule has 1 atom stereocenters. The monoisotopic (exact) mass is 422 g/mol. The van der Waals surface area contributed by atoms with Crippen LogP contribution in [0.3, 0.4) is 0 Å². The number of anilines is 1. The van der Waals surface area contributed by atoms with Gasteiger partial charge in [-0.25, -0.2) is 4.90 Å². The highest BCUT2D eigenvalue weighted by molar-refractivity contribution is 6.36. The maximum Gasteiger partial charge on any atom is 0.263 e. The maximum absolute atomic E-state index is 12.9. The van der Waals surface area contributed by atoms with E-state index in [1.54, 1.807) is 18.2 Å². The first-order valence-electron chi connectivity index (χ1n) is 9.27. The second-order valence-electron chi connectivity index (χ2n) is 7.35. The van der Waals surface area contributed by atoms with E-state index in [2.05, 4.69) is 30.3 Å². The third-order valence-electron chi connectivity index (χ3n) is 5.39. The summed E-state index contributed by atoms with van der Waals surface area (Å²) in [5.41, 5.74) is 2.07. The van der Waals surface area contributed by atoms with Gasteiger partial charge in [-0.15, -0.1) is 0 Å². The number of fused-ring (bicyclic) bond motifs is 2. The molecule has 2 heterocycles. The minimum atomic E-state index is -0.458. The van der Waals surface area contributed by atoms with Gasteiger partial charge in [0.25, 0.3) is 5.91 Å². The third kappa shape index (κ3) is 3.18. The normalized spacial score (nSPS) is 18.6. The first-order valence-corrected chi connectivity index (χ1v) is 10.0. The summed E-state index contributed by atoms with van der Waals surface area (Å²) < 4.78 is 0. The maximum atomic E-state index is 12.9. The van der Waals surface area contributed by atoms with Crippen LogP contribution in [0.2, 0.25) is 10.0 Å². The smallest absolute Gasteiger partial charge is 0.263 e. The average molecular weight is 423 g/mol. The van der Waals surface area contributed by atoms with Gasteiger partial charge in [-0.1, -0.05) is 59.6 Å².